The summed E-state index contributed by atoms with van der Waals surface area (Å²) >= 11 is 0. The molecule has 0 saturated heterocycles. The average Bonchev–Trinajstić information content (AvgIpc) is 2.59. The van der Waals surface area contributed by atoms with Gasteiger partial charge in [-0.3, -0.25) is 14.9 Å². The highest BCUT2D eigenvalue weighted by molar-refractivity contribution is 5.94. The monoisotopic (exact) mass is 326 g/mol. The molecule has 0 saturated carbocycles. The van der Waals surface area contributed by atoms with Crippen molar-refractivity contribution in [2.75, 3.05) is 0 Å². The van der Waals surface area contributed by atoms with Gasteiger partial charge in [-0.1, -0.05) is 38.1 Å². The molecule has 1 N–H and O–H groups in total. The minimum atomic E-state index is -0.466. The number of nitrogens with one attached hydrogen (secondary N) is 1. The highest BCUT2D eigenvalue weighted by Crippen LogP contribution is 2.19. The Morgan fingerprint density at radius 2 is 1.83 bits per heavy atom. The van der Waals surface area contributed by atoms with Crippen molar-refractivity contribution < 1.29 is 9.72 Å². The van der Waals surface area contributed by atoms with Crippen LogP contribution >= 0.6 is 0 Å². The second-order valence-corrected chi connectivity index (χ2v) is 5.75. The standard InChI is InChI=1S/C19H22N2O3/c1-4-14-7-9-15(5-2)17(10-14)12-20-19(22)16-8-6-13(3)18(11-16)21(23)24/h6-11H,4-5,12H2,1-3H3,(H,20,22). The van der Waals surface area contributed by atoms with E-state index in [1.165, 1.54) is 17.2 Å². The Balaban J connectivity index is 2.16. The first kappa shape index (κ1) is 17.7. The Hall–Kier alpha value is -2.69. The van der Waals surface area contributed by atoms with Crippen molar-refractivity contribution in [3.63, 3.8) is 0 Å². The number of rotatable bonds is 6. The zero-order valence-corrected chi connectivity index (χ0v) is 14.3. The van der Waals surface area contributed by atoms with E-state index in [9.17, 15) is 14.9 Å². The molecule has 0 heterocycles. The molecular formula is C19H22N2O3. The number of nitrogens with zero attached hydrogens (tertiary/aromatic N) is 1. The molecule has 0 aliphatic heterocycles. The Morgan fingerprint density at radius 3 is 2.46 bits per heavy atom. The second-order valence-electron chi connectivity index (χ2n) is 5.75. The SMILES string of the molecule is CCc1ccc(CC)c(CNC(=O)c2ccc(C)c([N+](=O)[O-])c2)c1. The lowest BCUT2D eigenvalue weighted by Crippen LogP contribution is -2.23. The van der Waals surface area contributed by atoms with Crippen molar-refractivity contribution in [1.82, 2.24) is 5.32 Å². The van der Waals surface area contributed by atoms with Crippen LogP contribution in [0.2, 0.25) is 0 Å². The molecule has 24 heavy (non-hydrogen) atoms. The van der Waals surface area contributed by atoms with Crippen LogP contribution in [0.3, 0.4) is 0 Å². The van der Waals surface area contributed by atoms with Gasteiger partial charge in [0.25, 0.3) is 11.6 Å². The van der Waals surface area contributed by atoms with Gasteiger partial charge in [-0.2, -0.15) is 0 Å². The molecule has 1 amide bonds. The van der Waals surface area contributed by atoms with Crippen molar-refractivity contribution in [1.29, 1.82) is 0 Å². The van der Waals surface area contributed by atoms with E-state index in [4.69, 9.17) is 0 Å². The van der Waals surface area contributed by atoms with E-state index in [0.717, 1.165) is 18.4 Å². The van der Waals surface area contributed by atoms with Gasteiger partial charge in [0.2, 0.25) is 0 Å². The summed E-state index contributed by atoms with van der Waals surface area (Å²) in [6.45, 7) is 6.24. The van der Waals surface area contributed by atoms with Gasteiger partial charge >= 0.3 is 0 Å². The van der Waals surface area contributed by atoms with Gasteiger partial charge in [0.15, 0.2) is 0 Å². The van der Waals surface area contributed by atoms with Gasteiger partial charge in [-0.05, 0) is 42.5 Å². The number of hydrogen-bond acceptors (Lipinski definition) is 3. The third-order valence-electron chi connectivity index (χ3n) is 4.17. The molecule has 0 atom stereocenters. The summed E-state index contributed by atoms with van der Waals surface area (Å²) in [7, 11) is 0. The summed E-state index contributed by atoms with van der Waals surface area (Å²) in [5.41, 5.74) is 4.32. The van der Waals surface area contributed by atoms with Crippen molar-refractivity contribution in [3.8, 4) is 0 Å². The van der Waals surface area contributed by atoms with Crippen molar-refractivity contribution in [3.05, 3.63) is 74.3 Å². The van der Waals surface area contributed by atoms with Gasteiger partial charge in [-0.15, -0.1) is 0 Å². The molecule has 0 aliphatic carbocycles. The summed E-state index contributed by atoms with van der Waals surface area (Å²) in [6, 6.07) is 10.8. The fraction of sp³-hybridized carbons (Fsp3) is 0.316. The van der Waals surface area contributed by atoms with E-state index in [1.807, 2.05) is 0 Å². The molecule has 0 spiro atoms. The number of amides is 1. The van der Waals surface area contributed by atoms with Gasteiger partial charge in [-0.25, -0.2) is 0 Å². The predicted molar refractivity (Wildman–Crippen MR) is 94.2 cm³/mol. The number of hydrogen-bond donors (Lipinski definition) is 1. The summed E-state index contributed by atoms with van der Waals surface area (Å²) in [5.74, 6) is -0.304. The fourth-order valence-corrected chi connectivity index (χ4v) is 2.63. The van der Waals surface area contributed by atoms with Crippen LogP contribution in [0.1, 0.15) is 46.5 Å². The maximum Gasteiger partial charge on any atom is 0.273 e. The molecule has 0 aliphatic rings. The zero-order valence-electron chi connectivity index (χ0n) is 14.3. The largest absolute Gasteiger partial charge is 0.348 e. The molecule has 126 valence electrons. The molecule has 0 aromatic heterocycles. The molecule has 5 heteroatoms. The first-order chi connectivity index (χ1) is 11.5. The Kier molecular flexibility index (Phi) is 5.68. The van der Waals surface area contributed by atoms with Crippen LogP contribution in [0.25, 0.3) is 0 Å². The lowest BCUT2D eigenvalue weighted by Gasteiger charge is -2.11. The van der Waals surface area contributed by atoms with Crippen LogP contribution in [-0.2, 0) is 19.4 Å². The average molecular weight is 326 g/mol. The number of nitro groups is 1. The maximum absolute atomic E-state index is 12.3. The third kappa shape index (κ3) is 3.98. The van der Waals surface area contributed by atoms with Crippen molar-refractivity contribution in [2.24, 2.45) is 0 Å². The summed E-state index contributed by atoms with van der Waals surface area (Å²) in [4.78, 5) is 22.9. The third-order valence-corrected chi connectivity index (χ3v) is 4.17. The first-order valence-corrected chi connectivity index (χ1v) is 8.10. The van der Waals surface area contributed by atoms with Gasteiger partial charge in [0.1, 0.15) is 0 Å². The molecule has 0 unspecified atom stereocenters. The molecule has 0 radical (unpaired) electrons. The van der Waals surface area contributed by atoms with Crippen LogP contribution in [0, 0.1) is 17.0 Å². The molecule has 2 rings (SSSR count). The molecule has 2 aromatic rings. The van der Waals surface area contributed by atoms with E-state index in [0.29, 0.717) is 17.7 Å². The van der Waals surface area contributed by atoms with E-state index in [-0.39, 0.29) is 11.6 Å². The number of nitro benzene ring substituents is 1. The number of carbonyl (C=O) groups is 1. The highest BCUT2D eigenvalue weighted by atomic mass is 16.6. The molecule has 0 fully saturated rings. The quantitative estimate of drug-likeness (QED) is 0.645. The molecular weight excluding hydrogens is 304 g/mol. The van der Waals surface area contributed by atoms with E-state index < -0.39 is 4.92 Å². The van der Waals surface area contributed by atoms with Crippen molar-refractivity contribution >= 4 is 11.6 Å². The zero-order chi connectivity index (χ0) is 17.7. The number of carbonyl (C=O) groups excluding carboxylic acids is 1. The summed E-state index contributed by atoms with van der Waals surface area (Å²) < 4.78 is 0. The van der Waals surface area contributed by atoms with Crippen LogP contribution < -0.4 is 5.32 Å². The van der Waals surface area contributed by atoms with Crippen LogP contribution in [0.15, 0.2) is 36.4 Å². The second kappa shape index (κ2) is 7.73. The Morgan fingerprint density at radius 1 is 1.08 bits per heavy atom. The van der Waals surface area contributed by atoms with Crippen LogP contribution in [0.4, 0.5) is 5.69 Å². The Bertz CT molecular complexity index is 769. The van der Waals surface area contributed by atoms with E-state index in [2.05, 4.69) is 37.4 Å². The van der Waals surface area contributed by atoms with E-state index >= 15 is 0 Å². The number of aryl methyl sites for hydroxylation is 3. The van der Waals surface area contributed by atoms with E-state index in [1.54, 1.807) is 19.1 Å². The minimum Gasteiger partial charge on any atom is -0.348 e. The first-order valence-electron chi connectivity index (χ1n) is 8.10. The lowest BCUT2D eigenvalue weighted by atomic mass is 10.0. The molecule has 2 aromatic carbocycles. The molecule has 0 bridgehead atoms. The lowest BCUT2D eigenvalue weighted by molar-refractivity contribution is -0.385. The van der Waals surface area contributed by atoms with Gasteiger partial charge in [0.05, 0.1) is 4.92 Å². The van der Waals surface area contributed by atoms with Crippen LogP contribution in [0.5, 0.6) is 0 Å². The smallest absolute Gasteiger partial charge is 0.273 e. The molecule has 5 nitrogen and oxygen atoms in total. The predicted octanol–water partition coefficient (Wildman–Crippen LogP) is 3.96. The summed E-state index contributed by atoms with van der Waals surface area (Å²) in [5, 5.41) is 13.9. The number of benzene rings is 2. The highest BCUT2D eigenvalue weighted by Gasteiger charge is 2.15. The minimum absolute atomic E-state index is 0.0372. The Labute approximate surface area is 141 Å². The fourth-order valence-electron chi connectivity index (χ4n) is 2.63. The normalized spacial score (nSPS) is 10.5. The van der Waals surface area contributed by atoms with Gasteiger partial charge < -0.3 is 5.32 Å². The topological polar surface area (TPSA) is 72.2 Å². The maximum atomic E-state index is 12.3. The van der Waals surface area contributed by atoms with Crippen molar-refractivity contribution in [2.45, 2.75) is 40.2 Å². The van der Waals surface area contributed by atoms with Gasteiger partial charge in [0, 0.05) is 23.7 Å². The van der Waals surface area contributed by atoms with Crippen LogP contribution in [-0.4, -0.2) is 10.8 Å². The summed E-state index contributed by atoms with van der Waals surface area (Å²) in [6.07, 6.45) is 1.83.